The number of hydrogen-bond donors (Lipinski definition) is 0. The molecule has 1 aromatic heterocycles. The molecule has 30 heavy (non-hydrogen) atoms. The van der Waals surface area contributed by atoms with E-state index in [-0.39, 0.29) is 17.0 Å². The number of nitro benzene ring substituents is 1. The van der Waals surface area contributed by atoms with E-state index in [9.17, 15) is 14.9 Å². The molecule has 0 saturated heterocycles. The number of aromatic nitrogens is 2. The maximum absolute atomic E-state index is 13.1. The zero-order valence-electron chi connectivity index (χ0n) is 16.3. The van der Waals surface area contributed by atoms with Gasteiger partial charge in [-0.05, 0) is 46.6 Å². The maximum Gasteiger partial charge on any atom is 0.312 e. The number of halogens is 2. The zero-order valence-corrected chi connectivity index (χ0v) is 19.4. The summed E-state index contributed by atoms with van der Waals surface area (Å²) in [4.78, 5) is 28.5. The normalized spacial score (nSPS) is 11.3. The molecule has 0 amide bonds. The van der Waals surface area contributed by atoms with Crippen molar-refractivity contribution in [2.45, 2.75) is 26.2 Å². The van der Waals surface area contributed by atoms with Gasteiger partial charge >= 0.3 is 5.69 Å². The standard InChI is InChI=1S/C20H18Br2N4O4/c1-3-4-5-18-24-16-7-6-13(21)10-14(16)20(27)25(18)23-11-12-8-15(22)19(30-2)17(9-12)26(28)29/h6-11H,3-5H2,1-2H3. The highest BCUT2D eigenvalue weighted by Crippen LogP contribution is 2.35. The van der Waals surface area contributed by atoms with Gasteiger partial charge in [0.15, 0.2) is 0 Å². The first-order chi connectivity index (χ1) is 14.3. The summed E-state index contributed by atoms with van der Waals surface area (Å²) < 4.78 is 7.53. The third kappa shape index (κ3) is 4.59. The highest BCUT2D eigenvalue weighted by Gasteiger charge is 2.19. The van der Waals surface area contributed by atoms with Crippen LogP contribution in [0, 0.1) is 10.1 Å². The fourth-order valence-electron chi connectivity index (χ4n) is 2.95. The lowest BCUT2D eigenvalue weighted by Gasteiger charge is -2.09. The number of hydrogen-bond acceptors (Lipinski definition) is 6. The molecule has 1 heterocycles. The largest absolute Gasteiger partial charge is 0.489 e. The Labute approximate surface area is 189 Å². The van der Waals surface area contributed by atoms with Crippen molar-refractivity contribution in [2.75, 3.05) is 7.11 Å². The Hall–Kier alpha value is -2.59. The molecule has 0 saturated carbocycles. The lowest BCUT2D eigenvalue weighted by molar-refractivity contribution is -0.385. The molecular weight excluding hydrogens is 520 g/mol. The molecule has 0 aliphatic rings. The number of unbranched alkanes of at least 4 members (excludes halogenated alkanes) is 1. The van der Waals surface area contributed by atoms with Crippen LogP contribution in [0.1, 0.15) is 31.2 Å². The molecule has 0 radical (unpaired) electrons. The second-order valence-electron chi connectivity index (χ2n) is 6.47. The number of nitro groups is 1. The van der Waals surface area contributed by atoms with Crippen molar-refractivity contribution in [1.29, 1.82) is 0 Å². The molecule has 10 heteroatoms. The maximum atomic E-state index is 13.1. The van der Waals surface area contributed by atoms with Gasteiger partial charge < -0.3 is 4.74 Å². The molecule has 0 N–H and O–H groups in total. The van der Waals surface area contributed by atoms with E-state index in [4.69, 9.17) is 4.74 Å². The van der Waals surface area contributed by atoms with Crippen LogP contribution in [0.4, 0.5) is 5.69 Å². The second kappa shape index (κ2) is 9.48. The fraction of sp³-hybridized carbons (Fsp3) is 0.250. The zero-order chi connectivity index (χ0) is 21.8. The van der Waals surface area contributed by atoms with Crippen LogP contribution in [-0.4, -0.2) is 27.9 Å². The Balaban J connectivity index is 2.14. The van der Waals surface area contributed by atoms with Gasteiger partial charge in [0, 0.05) is 22.5 Å². The van der Waals surface area contributed by atoms with E-state index in [1.165, 1.54) is 24.1 Å². The first-order valence-electron chi connectivity index (χ1n) is 9.13. The lowest BCUT2D eigenvalue weighted by Crippen LogP contribution is -2.22. The summed E-state index contributed by atoms with van der Waals surface area (Å²) in [5, 5.41) is 16.1. The van der Waals surface area contributed by atoms with Crippen molar-refractivity contribution in [3.63, 3.8) is 0 Å². The van der Waals surface area contributed by atoms with Crippen molar-refractivity contribution in [2.24, 2.45) is 5.10 Å². The average Bonchev–Trinajstić information content (AvgIpc) is 2.71. The van der Waals surface area contributed by atoms with Crippen LogP contribution in [0.15, 0.2) is 49.2 Å². The number of aryl methyl sites for hydroxylation is 1. The SMILES string of the molecule is CCCCc1nc2ccc(Br)cc2c(=O)n1N=Cc1cc(Br)c(OC)c([N+](=O)[O-])c1. The predicted molar refractivity (Wildman–Crippen MR) is 123 cm³/mol. The third-order valence-electron chi connectivity index (χ3n) is 4.40. The quantitative estimate of drug-likeness (QED) is 0.238. The van der Waals surface area contributed by atoms with Crippen molar-refractivity contribution in [3.8, 4) is 5.75 Å². The van der Waals surface area contributed by atoms with Crippen LogP contribution < -0.4 is 10.3 Å². The van der Waals surface area contributed by atoms with Crippen molar-refractivity contribution in [3.05, 3.63) is 71.1 Å². The van der Waals surface area contributed by atoms with Crippen LogP contribution in [0.5, 0.6) is 5.75 Å². The van der Waals surface area contributed by atoms with Crippen LogP contribution in [-0.2, 0) is 6.42 Å². The van der Waals surface area contributed by atoms with Gasteiger partial charge in [0.25, 0.3) is 5.56 Å². The topological polar surface area (TPSA) is 99.6 Å². The van der Waals surface area contributed by atoms with Crippen LogP contribution in [0.25, 0.3) is 10.9 Å². The monoisotopic (exact) mass is 536 g/mol. The minimum atomic E-state index is -0.533. The molecule has 3 rings (SSSR count). The van der Waals surface area contributed by atoms with Gasteiger partial charge in [-0.3, -0.25) is 14.9 Å². The molecule has 0 aliphatic heterocycles. The summed E-state index contributed by atoms with van der Waals surface area (Å²) in [6.07, 6.45) is 3.78. The highest BCUT2D eigenvalue weighted by molar-refractivity contribution is 9.10. The molecule has 0 spiro atoms. The van der Waals surface area contributed by atoms with E-state index >= 15 is 0 Å². The van der Waals surface area contributed by atoms with Crippen LogP contribution in [0.2, 0.25) is 0 Å². The molecule has 0 aliphatic carbocycles. The number of fused-ring (bicyclic) bond motifs is 1. The lowest BCUT2D eigenvalue weighted by atomic mass is 10.2. The molecular formula is C20H18Br2N4O4. The average molecular weight is 538 g/mol. The molecule has 0 atom stereocenters. The number of benzene rings is 2. The molecule has 3 aromatic rings. The summed E-state index contributed by atoms with van der Waals surface area (Å²) in [6, 6.07) is 8.30. The van der Waals surface area contributed by atoms with E-state index in [0.29, 0.717) is 33.2 Å². The minimum Gasteiger partial charge on any atom is -0.489 e. The summed E-state index contributed by atoms with van der Waals surface area (Å²) in [5.41, 5.74) is 0.541. The van der Waals surface area contributed by atoms with Crippen LogP contribution in [0.3, 0.4) is 0 Å². The summed E-state index contributed by atoms with van der Waals surface area (Å²) in [7, 11) is 1.36. The number of nitrogens with zero attached hydrogens (tertiary/aromatic N) is 4. The summed E-state index contributed by atoms with van der Waals surface area (Å²) >= 11 is 6.65. The molecule has 156 valence electrons. The van der Waals surface area contributed by atoms with Gasteiger partial charge in [-0.1, -0.05) is 29.3 Å². The first kappa shape index (κ1) is 22.1. The van der Waals surface area contributed by atoms with Crippen molar-refractivity contribution < 1.29 is 9.66 Å². The van der Waals surface area contributed by atoms with Gasteiger partial charge in [0.05, 0.1) is 33.6 Å². The smallest absolute Gasteiger partial charge is 0.312 e. The third-order valence-corrected chi connectivity index (χ3v) is 5.48. The van der Waals surface area contributed by atoms with E-state index < -0.39 is 4.92 Å². The predicted octanol–water partition coefficient (Wildman–Crippen LogP) is 5.06. The Kier molecular flexibility index (Phi) is 6.99. The highest BCUT2D eigenvalue weighted by atomic mass is 79.9. The Morgan fingerprint density at radius 1 is 1.30 bits per heavy atom. The van der Waals surface area contributed by atoms with E-state index in [1.54, 1.807) is 18.2 Å². The first-order valence-corrected chi connectivity index (χ1v) is 10.7. The summed E-state index contributed by atoms with van der Waals surface area (Å²) in [5.74, 6) is 0.658. The van der Waals surface area contributed by atoms with Gasteiger partial charge in [-0.25, -0.2) is 4.98 Å². The molecule has 0 bridgehead atoms. The van der Waals surface area contributed by atoms with E-state index in [2.05, 4.69) is 48.9 Å². The summed E-state index contributed by atoms with van der Waals surface area (Å²) in [6.45, 7) is 2.05. The number of methoxy groups -OCH3 is 1. The molecule has 0 unspecified atom stereocenters. The fourth-order valence-corrected chi connectivity index (χ4v) is 3.94. The van der Waals surface area contributed by atoms with Crippen molar-refractivity contribution >= 4 is 54.7 Å². The second-order valence-corrected chi connectivity index (χ2v) is 8.24. The van der Waals surface area contributed by atoms with E-state index in [1.807, 2.05) is 6.07 Å². The van der Waals surface area contributed by atoms with Gasteiger partial charge in [-0.2, -0.15) is 9.78 Å². The van der Waals surface area contributed by atoms with E-state index in [0.717, 1.165) is 17.3 Å². The molecule has 2 aromatic carbocycles. The number of rotatable bonds is 7. The van der Waals surface area contributed by atoms with Gasteiger partial charge in [0.1, 0.15) is 5.82 Å². The molecule has 8 nitrogen and oxygen atoms in total. The Morgan fingerprint density at radius 2 is 2.07 bits per heavy atom. The minimum absolute atomic E-state index is 0.121. The Morgan fingerprint density at radius 3 is 2.73 bits per heavy atom. The number of ether oxygens (including phenoxy) is 1. The van der Waals surface area contributed by atoms with Gasteiger partial charge in [0.2, 0.25) is 5.75 Å². The Bertz CT molecular complexity index is 1210. The molecule has 0 fully saturated rings. The van der Waals surface area contributed by atoms with Gasteiger partial charge in [-0.15, -0.1) is 0 Å². The van der Waals surface area contributed by atoms with Crippen molar-refractivity contribution in [1.82, 2.24) is 9.66 Å². The van der Waals surface area contributed by atoms with Crippen LogP contribution >= 0.6 is 31.9 Å².